The van der Waals surface area contributed by atoms with Crippen molar-refractivity contribution in [3.8, 4) is 0 Å². The third-order valence-corrected chi connectivity index (χ3v) is 4.01. The molecule has 1 aromatic carbocycles. The van der Waals surface area contributed by atoms with Crippen molar-refractivity contribution in [1.82, 2.24) is 4.90 Å². The fraction of sp³-hybridized carbons (Fsp3) is 0.312. The summed E-state index contributed by atoms with van der Waals surface area (Å²) in [4.78, 5) is 13.9. The van der Waals surface area contributed by atoms with Crippen molar-refractivity contribution >= 4 is 17.2 Å². The number of amides is 1. The van der Waals surface area contributed by atoms with Crippen LogP contribution in [0.25, 0.3) is 0 Å². The Bertz CT molecular complexity index is 525. The highest BCUT2D eigenvalue weighted by Crippen LogP contribution is 2.10. The second-order valence-corrected chi connectivity index (χ2v) is 5.74. The number of carbonyl (C=O) groups is 1. The van der Waals surface area contributed by atoms with Gasteiger partial charge in [-0.25, -0.2) is 0 Å². The minimum atomic E-state index is -0.432. The van der Waals surface area contributed by atoms with Gasteiger partial charge in [0.2, 0.25) is 5.91 Å². The maximum atomic E-state index is 12.2. The molecule has 2 rings (SSSR count). The number of hydrogen-bond acceptors (Lipinski definition) is 3. The van der Waals surface area contributed by atoms with Gasteiger partial charge in [-0.1, -0.05) is 30.3 Å². The third-order valence-electron chi connectivity index (χ3n) is 3.28. The largest absolute Gasteiger partial charge is 0.340 e. The van der Waals surface area contributed by atoms with Crippen LogP contribution in [-0.4, -0.2) is 23.9 Å². The van der Waals surface area contributed by atoms with Crippen molar-refractivity contribution in [1.29, 1.82) is 0 Å². The molecule has 2 aromatic rings. The molecule has 0 saturated heterocycles. The first-order valence-corrected chi connectivity index (χ1v) is 7.66. The second kappa shape index (κ2) is 7.22. The van der Waals surface area contributed by atoms with Crippen molar-refractivity contribution in [2.45, 2.75) is 25.4 Å². The molecule has 1 unspecified atom stereocenters. The Morgan fingerprint density at radius 3 is 2.65 bits per heavy atom. The van der Waals surface area contributed by atoms with E-state index in [-0.39, 0.29) is 5.91 Å². The molecule has 2 N–H and O–H groups in total. The normalized spacial score (nSPS) is 12.1. The fourth-order valence-corrected chi connectivity index (χ4v) is 2.77. The lowest BCUT2D eigenvalue weighted by Crippen LogP contribution is -2.41. The number of nitrogens with zero attached hydrogens (tertiary/aromatic N) is 1. The number of aryl methyl sites for hydroxylation is 1. The smallest absolute Gasteiger partial charge is 0.239 e. The minimum absolute atomic E-state index is 0.00660. The van der Waals surface area contributed by atoms with Crippen molar-refractivity contribution in [3.63, 3.8) is 0 Å². The molecule has 1 aromatic heterocycles. The summed E-state index contributed by atoms with van der Waals surface area (Å²) >= 11 is 1.64. The second-order valence-electron chi connectivity index (χ2n) is 4.96. The molecule has 4 heteroatoms. The van der Waals surface area contributed by atoms with Gasteiger partial charge < -0.3 is 10.6 Å². The van der Waals surface area contributed by atoms with E-state index in [1.54, 1.807) is 16.2 Å². The molecule has 1 atom stereocenters. The van der Waals surface area contributed by atoms with Gasteiger partial charge in [-0.15, -0.1) is 0 Å². The average molecular weight is 288 g/mol. The van der Waals surface area contributed by atoms with E-state index < -0.39 is 6.04 Å². The first kappa shape index (κ1) is 14.8. The highest BCUT2D eigenvalue weighted by Gasteiger charge is 2.18. The van der Waals surface area contributed by atoms with E-state index in [2.05, 4.69) is 17.5 Å². The van der Waals surface area contributed by atoms with Gasteiger partial charge in [0.25, 0.3) is 0 Å². The van der Waals surface area contributed by atoms with Gasteiger partial charge in [0.1, 0.15) is 0 Å². The molecule has 0 saturated carbocycles. The molecule has 0 aliphatic rings. The Morgan fingerprint density at radius 2 is 2.00 bits per heavy atom. The first-order chi connectivity index (χ1) is 9.66. The number of rotatable bonds is 6. The first-order valence-electron chi connectivity index (χ1n) is 6.72. The van der Waals surface area contributed by atoms with Gasteiger partial charge >= 0.3 is 0 Å². The molecule has 0 aliphatic heterocycles. The van der Waals surface area contributed by atoms with Crippen molar-refractivity contribution in [2.75, 3.05) is 7.05 Å². The Morgan fingerprint density at radius 1 is 1.25 bits per heavy atom. The highest BCUT2D eigenvalue weighted by molar-refractivity contribution is 7.07. The number of nitrogens with two attached hydrogens (primary N) is 1. The molecule has 1 amide bonds. The number of carbonyl (C=O) groups excluding carboxylic acids is 1. The summed E-state index contributed by atoms with van der Waals surface area (Å²) in [6, 6.07) is 11.7. The molecule has 3 nitrogen and oxygen atoms in total. The monoisotopic (exact) mass is 288 g/mol. The maximum Gasteiger partial charge on any atom is 0.239 e. The Hall–Kier alpha value is -1.65. The van der Waals surface area contributed by atoms with Crippen molar-refractivity contribution in [2.24, 2.45) is 5.73 Å². The quantitative estimate of drug-likeness (QED) is 0.888. The standard InChI is InChI=1S/C16H20N2OS/c1-18(11-14-9-10-20-12-14)16(19)15(17)8-7-13-5-3-2-4-6-13/h2-6,9-10,12,15H,7-8,11,17H2,1H3. The van der Waals surface area contributed by atoms with E-state index in [1.165, 1.54) is 5.56 Å². The van der Waals surface area contributed by atoms with Crippen LogP contribution in [0.15, 0.2) is 47.2 Å². The number of likely N-dealkylation sites (N-methyl/N-ethyl adjacent to an activating group) is 1. The third kappa shape index (κ3) is 4.18. The van der Waals surface area contributed by atoms with E-state index >= 15 is 0 Å². The molecule has 0 spiro atoms. The summed E-state index contributed by atoms with van der Waals surface area (Å²) in [6.45, 7) is 0.626. The Balaban J connectivity index is 1.82. The summed E-state index contributed by atoms with van der Waals surface area (Å²) in [5.74, 6) is 0.00660. The van der Waals surface area contributed by atoms with Gasteiger partial charge in [0.05, 0.1) is 6.04 Å². The van der Waals surface area contributed by atoms with E-state index in [0.717, 1.165) is 12.0 Å². The van der Waals surface area contributed by atoms with Crippen LogP contribution in [0.5, 0.6) is 0 Å². The lowest BCUT2D eigenvalue weighted by Gasteiger charge is -2.21. The molecule has 0 fully saturated rings. The number of hydrogen-bond donors (Lipinski definition) is 1. The predicted octanol–water partition coefficient (Wildman–Crippen LogP) is 2.67. The molecular formula is C16H20N2OS. The van der Waals surface area contributed by atoms with E-state index in [4.69, 9.17) is 5.73 Å². The van der Waals surface area contributed by atoms with Gasteiger partial charge in [0.15, 0.2) is 0 Å². The zero-order valence-corrected chi connectivity index (χ0v) is 12.5. The minimum Gasteiger partial charge on any atom is -0.340 e. The van der Waals surface area contributed by atoms with Crippen LogP contribution in [0.3, 0.4) is 0 Å². The van der Waals surface area contributed by atoms with Gasteiger partial charge in [-0.3, -0.25) is 4.79 Å². The fourth-order valence-electron chi connectivity index (χ4n) is 2.11. The van der Waals surface area contributed by atoms with Gasteiger partial charge in [0, 0.05) is 13.6 Å². The SMILES string of the molecule is CN(Cc1ccsc1)C(=O)C(N)CCc1ccccc1. The molecule has 0 radical (unpaired) electrons. The van der Waals surface area contributed by atoms with Crippen LogP contribution in [0.1, 0.15) is 17.5 Å². The van der Waals surface area contributed by atoms with Crippen LogP contribution in [0.2, 0.25) is 0 Å². The van der Waals surface area contributed by atoms with Crippen LogP contribution in [-0.2, 0) is 17.8 Å². The number of benzene rings is 1. The van der Waals surface area contributed by atoms with E-state index in [1.807, 2.05) is 36.7 Å². The lowest BCUT2D eigenvalue weighted by molar-refractivity contribution is -0.131. The summed E-state index contributed by atoms with van der Waals surface area (Å²) < 4.78 is 0. The number of thiophene rings is 1. The predicted molar refractivity (Wildman–Crippen MR) is 83.5 cm³/mol. The molecule has 0 aliphatic carbocycles. The molecular weight excluding hydrogens is 268 g/mol. The zero-order chi connectivity index (χ0) is 14.4. The van der Waals surface area contributed by atoms with Gasteiger partial charge in [-0.2, -0.15) is 11.3 Å². The molecule has 106 valence electrons. The summed E-state index contributed by atoms with van der Waals surface area (Å²) in [6.07, 6.45) is 1.51. The molecule has 0 bridgehead atoms. The van der Waals surface area contributed by atoms with E-state index in [9.17, 15) is 4.79 Å². The van der Waals surface area contributed by atoms with Gasteiger partial charge in [-0.05, 0) is 40.8 Å². The molecule has 20 heavy (non-hydrogen) atoms. The van der Waals surface area contributed by atoms with Crippen LogP contribution in [0, 0.1) is 0 Å². The van der Waals surface area contributed by atoms with Crippen LogP contribution >= 0.6 is 11.3 Å². The van der Waals surface area contributed by atoms with Crippen molar-refractivity contribution in [3.05, 3.63) is 58.3 Å². The van der Waals surface area contributed by atoms with Crippen LogP contribution < -0.4 is 5.73 Å². The Kier molecular flexibility index (Phi) is 5.32. The lowest BCUT2D eigenvalue weighted by atomic mass is 10.0. The zero-order valence-electron chi connectivity index (χ0n) is 11.7. The summed E-state index contributed by atoms with van der Waals surface area (Å²) in [5, 5.41) is 4.07. The summed E-state index contributed by atoms with van der Waals surface area (Å²) in [5.41, 5.74) is 8.38. The topological polar surface area (TPSA) is 46.3 Å². The maximum absolute atomic E-state index is 12.2. The van der Waals surface area contributed by atoms with Crippen LogP contribution in [0.4, 0.5) is 0 Å². The highest BCUT2D eigenvalue weighted by atomic mass is 32.1. The molecule has 1 heterocycles. The Labute approximate surface area is 124 Å². The van der Waals surface area contributed by atoms with E-state index in [0.29, 0.717) is 13.0 Å². The van der Waals surface area contributed by atoms with Crippen molar-refractivity contribution < 1.29 is 4.79 Å². The average Bonchev–Trinajstić information content (AvgIpc) is 2.98. The summed E-state index contributed by atoms with van der Waals surface area (Å²) in [7, 11) is 1.81.